The largest absolute Gasteiger partial charge is 0.360 e. The first-order chi connectivity index (χ1) is 11.1. The molecule has 1 atom stereocenters. The molecule has 7 heteroatoms. The fourth-order valence-electron chi connectivity index (χ4n) is 2.73. The number of ether oxygens (including phenoxy) is 1. The van der Waals surface area contributed by atoms with E-state index in [-0.39, 0.29) is 18.6 Å². The number of alkyl halides is 1. The summed E-state index contributed by atoms with van der Waals surface area (Å²) in [5.74, 6) is 0.105. The van der Waals surface area contributed by atoms with Crippen molar-refractivity contribution in [2.75, 3.05) is 6.61 Å². The highest BCUT2D eigenvalue weighted by Crippen LogP contribution is 2.37. The van der Waals surface area contributed by atoms with Gasteiger partial charge in [0.25, 0.3) is 5.56 Å². The monoisotopic (exact) mass is 322 g/mol. The second-order valence-electron chi connectivity index (χ2n) is 5.68. The molecule has 0 N–H and O–H groups in total. The zero-order chi connectivity index (χ0) is 16.4. The van der Waals surface area contributed by atoms with Crippen molar-refractivity contribution in [3.05, 3.63) is 69.0 Å². The molecule has 1 unspecified atom stereocenters. The van der Waals surface area contributed by atoms with E-state index in [1.165, 1.54) is 10.8 Å². The second kappa shape index (κ2) is 6.45. The number of hydrogen-bond donors (Lipinski definition) is 0. The summed E-state index contributed by atoms with van der Waals surface area (Å²) in [5.41, 5.74) is -1.49. The molecular weight excluding hydrogens is 306 g/mol. The molecule has 1 heterocycles. The van der Waals surface area contributed by atoms with Gasteiger partial charge in [-0.2, -0.15) is 0 Å². The van der Waals surface area contributed by atoms with Crippen LogP contribution in [0.1, 0.15) is 30.8 Å². The summed E-state index contributed by atoms with van der Waals surface area (Å²) in [5, 5.41) is 0. The number of halogens is 2. The lowest BCUT2D eigenvalue weighted by atomic mass is 9.80. The third-order valence-corrected chi connectivity index (χ3v) is 4.10. The minimum absolute atomic E-state index is 0.105. The van der Waals surface area contributed by atoms with Gasteiger partial charge in [0.1, 0.15) is 0 Å². The van der Waals surface area contributed by atoms with Crippen LogP contribution in [0.2, 0.25) is 0 Å². The van der Waals surface area contributed by atoms with Crippen LogP contribution in [-0.4, -0.2) is 16.0 Å². The average Bonchev–Trinajstić information content (AvgIpc) is 2.53. The Balaban J connectivity index is 1.53. The fourth-order valence-corrected chi connectivity index (χ4v) is 2.73. The highest BCUT2D eigenvalue weighted by molar-refractivity contribution is 5.15. The summed E-state index contributed by atoms with van der Waals surface area (Å²) in [4.78, 5) is 22.2. The lowest BCUT2D eigenvalue weighted by molar-refractivity contribution is -0.0729. The third kappa shape index (κ3) is 3.24. The third-order valence-electron chi connectivity index (χ3n) is 4.10. The molecule has 1 aliphatic carbocycles. The molecule has 2 aromatic rings. The van der Waals surface area contributed by atoms with Gasteiger partial charge in [-0.3, -0.25) is 9.36 Å². The van der Waals surface area contributed by atoms with Crippen molar-refractivity contribution < 1.29 is 13.6 Å². The first-order valence-corrected chi connectivity index (χ1v) is 7.37. The molecule has 122 valence electrons. The Morgan fingerprint density at radius 1 is 1.17 bits per heavy atom. The van der Waals surface area contributed by atoms with Gasteiger partial charge in [-0.25, -0.2) is 9.18 Å². The summed E-state index contributed by atoms with van der Waals surface area (Å²) in [7, 11) is 0. The van der Waals surface area contributed by atoms with Crippen LogP contribution in [0.15, 0.2) is 52.2 Å². The van der Waals surface area contributed by atoms with Crippen molar-refractivity contribution in [3.8, 4) is 0 Å². The molecule has 0 spiro atoms. The van der Waals surface area contributed by atoms with Gasteiger partial charge in [-0.15, -0.1) is 0 Å². The minimum atomic E-state index is -1.48. The highest BCUT2D eigenvalue weighted by atomic mass is 19.2. The molecule has 1 aromatic carbocycles. The first-order valence-electron chi connectivity index (χ1n) is 7.37. The van der Waals surface area contributed by atoms with Crippen LogP contribution >= 0.6 is 0 Å². The molecule has 0 radical (unpaired) electrons. The molecule has 1 saturated carbocycles. The van der Waals surface area contributed by atoms with E-state index < -0.39 is 22.4 Å². The molecule has 1 aromatic heterocycles. The van der Waals surface area contributed by atoms with Crippen molar-refractivity contribution in [3.63, 3.8) is 0 Å². The van der Waals surface area contributed by atoms with Crippen LogP contribution in [0.3, 0.4) is 0 Å². The van der Waals surface area contributed by atoms with Gasteiger partial charge in [-0.05, 0) is 18.8 Å². The van der Waals surface area contributed by atoms with E-state index in [0.29, 0.717) is 18.4 Å². The van der Waals surface area contributed by atoms with Crippen molar-refractivity contribution in [2.24, 2.45) is 5.92 Å². The first kappa shape index (κ1) is 15.6. The maximum atomic E-state index is 13.9. The zero-order valence-electron chi connectivity index (χ0n) is 12.3. The minimum Gasteiger partial charge on any atom is -0.344 e. The quantitative estimate of drug-likeness (QED) is 0.849. The average molecular weight is 322 g/mol. The van der Waals surface area contributed by atoms with E-state index in [1.807, 2.05) is 0 Å². The van der Waals surface area contributed by atoms with E-state index in [9.17, 15) is 18.5 Å². The van der Waals surface area contributed by atoms with Crippen LogP contribution in [0.25, 0.3) is 0 Å². The standard InChI is InChI=1S/C16H16F2N2O3/c17-15(12-4-2-1-3-5-12)23-10-11-8-13(9-11)19-7-6-14(21)20(18)16(19)22/h1-7,11,13,15H,8-10H2. The summed E-state index contributed by atoms with van der Waals surface area (Å²) >= 11 is 0. The topological polar surface area (TPSA) is 53.2 Å². The van der Waals surface area contributed by atoms with Gasteiger partial charge in [-0.1, -0.05) is 39.6 Å². The zero-order valence-corrected chi connectivity index (χ0v) is 12.3. The Morgan fingerprint density at radius 2 is 1.87 bits per heavy atom. The van der Waals surface area contributed by atoms with Crippen molar-refractivity contribution >= 4 is 0 Å². The predicted octanol–water partition coefficient (Wildman–Crippen LogP) is 2.38. The molecule has 1 fully saturated rings. The number of aromatic nitrogens is 2. The molecule has 0 bridgehead atoms. The lowest BCUT2D eigenvalue weighted by Crippen LogP contribution is -2.41. The van der Waals surface area contributed by atoms with Gasteiger partial charge in [0, 0.05) is 23.9 Å². The van der Waals surface area contributed by atoms with Gasteiger partial charge in [0.15, 0.2) is 0 Å². The summed E-state index contributed by atoms with van der Waals surface area (Å²) in [6.45, 7) is 0.233. The molecule has 23 heavy (non-hydrogen) atoms. The Bertz CT molecular complexity index is 782. The predicted molar refractivity (Wildman–Crippen MR) is 79.5 cm³/mol. The van der Waals surface area contributed by atoms with E-state index in [4.69, 9.17) is 4.74 Å². The smallest absolute Gasteiger partial charge is 0.344 e. The SMILES string of the molecule is O=c1ccn(C2CC(COC(F)c3ccccc3)C2)c(=O)n1F. The molecule has 0 amide bonds. The van der Waals surface area contributed by atoms with Gasteiger partial charge in [0.05, 0.1) is 6.61 Å². The summed E-state index contributed by atoms with van der Waals surface area (Å²) < 4.78 is 33.5. The molecule has 0 saturated heterocycles. The Morgan fingerprint density at radius 3 is 2.57 bits per heavy atom. The number of hydrogen-bond acceptors (Lipinski definition) is 3. The van der Waals surface area contributed by atoms with Gasteiger partial charge < -0.3 is 4.74 Å². The normalized spacial score (nSPS) is 21.7. The van der Waals surface area contributed by atoms with E-state index in [2.05, 4.69) is 0 Å². The fraction of sp³-hybridized carbons (Fsp3) is 0.375. The molecule has 1 aliphatic rings. The molecule has 5 nitrogen and oxygen atoms in total. The number of rotatable bonds is 5. The molecular formula is C16H16F2N2O3. The van der Waals surface area contributed by atoms with Crippen LogP contribution in [0.4, 0.5) is 8.87 Å². The summed E-state index contributed by atoms with van der Waals surface area (Å²) in [6.07, 6.45) is 0.981. The van der Waals surface area contributed by atoms with Crippen LogP contribution < -0.4 is 11.2 Å². The van der Waals surface area contributed by atoms with Crippen molar-refractivity contribution in [1.29, 1.82) is 0 Å². The Hall–Kier alpha value is -2.28. The second-order valence-corrected chi connectivity index (χ2v) is 5.68. The van der Waals surface area contributed by atoms with Crippen molar-refractivity contribution in [1.82, 2.24) is 9.36 Å². The van der Waals surface area contributed by atoms with Gasteiger partial charge >= 0.3 is 5.69 Å². The van der Waals surface area contributed by atoms with E-state index in [0.717, 1.165) is 6.07 Å². The van der Waals surface area contributed by atoms with Crippen molar-refractivity contribution in [2.45, 2.75) is 25.2 Å². The number of benzene rings is 1. The summed E-state index contributed by atoms with van der Waals surface area (Å²) in [6, 6.07) is 9.41. The molecule has 0 aliphatic heterocycles. The molecule has 3 rings (SSSR count). The van der Waals surface area contributed by atoms with Crippen LogP contribution in [-0.2, 0) is 4.74 Å². The Labute approximate surface area is 130 Å². The number of nitrogens with zero attached hydrogens (tertiary/aromatic N) is 2. The maximum absolute atomic E-state index is 13.9. The van der Waals surface area contributed by atoms with Gasteiger partial charge in [0.2, 0.25) is 6.36 Å². The highest BCUT2D eigenvalue weighted by Gasteiger charge is 2.32. The van der Waals surface area contributed by atoms with Crippen LogP contribution in [0.5, 0.6) is 0 Å². The van der Waals surface area contributed by atoms with E-state index >= 15 is 0 Å². The van der Waals surface area contributed by atoms with E-state index in [1.54, 1.807) is 30.3 Å². The maximum Gasteiger partial charge on any atom is 0.360 e. The van der Waals surface area contributed by atoms with Crippen LogP contribution in [0, 0.1) is 5.92 Å². The lowest BCUT2D eigenvalue weighted by Gasteiger charge is -2.36. The Kier molecular flexibility index (Phi) is 4.38.